The van der Waals surface area contributed by atoms with Crippen molar-refractivity contribution in [3.05, 3.63) is 70.2 Å². The Morgan fingerprint density at radius 1 is 0.970 bits per heavy atom. The summed E-state index contributed by atoms with van der Waals surface area (Å²) in [6.45, 7) is 0. The first-order valence-electron chi connectivity index (χ1n) is 9.34. The SMILES string of the molecule is COC(=O)c1cc(NC(=O)Cc2csc(-c3ccc(C(F)(F)F)cc3)n2)cc(C(=O)OC)c1. The maximum Gasteiger partial charge on any atom is 0.416 e. The molecule has 0 saturated carbocycles. The fourth-order valence-electron chi connectivity index (χ4n) is 2.86. The van der Waals surface area contributed by atoms with E-state index >= 15 is 0 Å². The van der Waals surface area contributed by atoms with Crippen molar-refractivity contribution in [3.63, 3.8) is 0 Å². The molecule has 11 heteroatoms. The number of benzene rings is 2. The molecule has 3 rings (SSSR count). The highest BCUT2D eigenvalue weighted by Crippen LogP contribution is 2.31. The monoisotopic (exact) mass is 478 g/mol. The summed E-state index contributed by atoms with van der Waals surface area (Å²) < 4.78 is 47.5. The van der Waals surface area contributed by atoms with Crippen LogP contribution in [-0.2, 0) is 26.9 Å². The van der Waals surface area contributed by atoms with Crippen molar-refractivity contribution in [1.29, 1.82) is 0 Å². The number of nitrogens with zero attached hydrogens (tertiary/aromatic N) is 1. The van der Waals surface area contributed by atoms with Crippen molar-refractivity contribution in [2.24, 2.45) is 0 Å². The minimum absolute atomic E-state index is 0.0500. The summed E-state index contributed by atoms with van der Waals surface area (Å²) in [5.41, 5.74) is 0.421. The van der Waals surface area contributed by atoms with Gasteiger partial charge in [-0.1, -0.05) is 12.1 Å². The van der Waals surface area contributed by atoms with E-state index in [0.717, 1.165) is 12.1 Å². The normalized spacial score (nSPS) is 11.1. The average molecular weight is 478 g/mol. The molecule has 0 unspecified atom stereocenters. The Morgan fingerprint density at radius 3 is 2.06 bits per heavy atom. The van der Waals surface area contributed by atoms with Crippen LogP contribution in [0.5, 0.6) is 0 Å². The molecule has 0 radical (unpaired) electrons. The molecule has 1 heterocycles. The zero-order valence-electron chi connectivity index (χ0n) is 17.4. The predicted octanol–water partition coefficient (Wildman–Crippen LogP) is 4.58. The Hall–Kier alpha value is -3.73. The van der Waals surface area contributed by atoms with E-state index in [-0.39, 0.29) is 23.2 Å². The fourth-order valence-corrected chi connectivity index (χ4v) is 3.69. The zero-order valence-corrected chi connectivity index (χ0v) is 18.2. The maximum atomic E-state index is 12.7. The summed E-state index contributed by atoms with van der Waals surface area (Å²) in [7, 11) is 2.36. The number of carbonyl (C=O) groups excluding carboxylic acids is 3. The zero-order chi connectivity index (χ0) is 24.2. The lowest BCUT2D eigenvalue weighted by Crippen LogP contribution is -2.16. The highest BCUT2D eigenvalue weighted by molar-refractivity contribution is 7.13. The Kier molecular flexibility index (Phi) is 7.12. The molecular weight excluding hydrogens is 461 g/mol. The topological polar surface area (TPSA) is 94.6 Å². The lowest BCUT2D eigenvalue weighted by molar-refractivity contribution is -0.137. The number of carbonyl (C=O) groups is 3. The molecule has 1 aromatic heterocycles. The molecule has 1 N–H and O–H groups in total. The van der Waals surface area contributed by atoms with Gasteiger partial charge < -0.3 is 14.8 Å². The number of ether oxygens (including phenoxy) is 2. The summed E-state index contributed by atoms with van der Waals surface area (Å²) in [6.07, 6.45) is -4.56. The van der Waals surface area contributed by atoms with Crippen LogP contribution in [0.15, 0.2) is 47.8 Å². The van der Waals surface area contributed by atoms with Crippen LogP contribution in [0.25, 0.3) is 10.6 Å². The van der Waals surface area contributed by atoms with Gasteiger partial charge in [-0.25, -0.2) is 14.6 Å². The Labute approximate surface area is 190 Å². The molecule has 33 heavy (non-hydrogen) atoms. The van der Waals surface area contributed by atoms with E-state index in [2.05, 4.69) is 19.8 Å². The number of halogens is 3. The van der Waals surface area contributed by atoms with Gasteiger partial charge in [0.05, 0.1) is 43.0 Å². The number of alkyl halides is 3. The smallest absolute Gasteiger partial charge is 0.416 e. The molecule has 0 fully saturated rings. The number of thiazole rings is 1. The van der Waals surface area contributed by atoms with Gasteiger partial charge in [-0.2, -0.15) is 13.2 Å². The van der Waals surface area contributed by atoms with E-state index in [1.54, 1.807) is 5.38 Å². The van der Waals surface area contributed by atoms with Crippen molar-refractivity contribution in [2.45, 2.75) is 12.6 Å². The molecule has 0 aliphatic heterocycles. The Balaban J connectivity index is 1.73. The number of aromatic nitrogens is 1. The molecule has 0 saturated heterocycles. The molecule has 172 valence electrons. The number of methoxy groups -OCH3 is 2. The third-order valence-electron chi connectivity index (χ3n) is 4.41. The van der Waals surface area contributed by atoms with Crippen LogP contribution < -0.4 is 5.32 Å². The standard InChI is InChI=1S/C22H17F3N2O5S/c1-31-20(29)13-7-14(21(30)32-2)9-16(8-13)26-18(28)10-17-11-33-19(27-17)12-3-5-15(6-4-12)22(23,24)25/h3-9,11H,10H2,1-2H3,(H,26,28). The Morgan fingerprint density at radius 2 is 1.55 bits per heavy atom. The molecule has 0 bridgehead atoms. The second-order valence-electron chi connectivity index (χ2n) is 6.73. The first kappa shape index (κ1) is 23.9. The van der Waals surface area contributed by atoms with Gasteiger partial charge in [0, 0.05) is 16.6 Å². The number of anilines is 1. The first-order chi connectivity index (χ1) is 15.6. The predicted molar refractivity (Wildman–Crippen MR) is 114 cm³/mol. The third kappa shape index (κ3) is 5.95. The quantitative estimate of drug-likeness (QED) is 0.521. The second kappa shape index (κ2) is 9.82. The summed E-state index contributed by atoms with van der Waals surface area (Å²) >= 11 is 1.19. The van der Waals surface area contributed by atoms with Gasteiger partial charge in [-0.05, 0) is 30.3 Å². The number of esters is 2. The minimum atomic E-state index is -4.43. The van der Waals surface area contributed by atoms with Crippen LogP contribution in [0.4, 0.5) is 18.9 Å². The Bertz CT molecular complexity index is 1160. The largest absolute Gasteiger partial charge is 0.465 e. The van der Waals surface area contributed by atoms with Gasteiger partial charge in [-0.15, -0.1) is 11.3 Å². The van der Waals surface area contributed by atoms with Crippen molar-refractivity contribution in [1.82, 2.24) is 4.98 Å². The highest BCUT2D eigenvalue weighted by atomic mass is 32.1. The molecule has 0 aliphatic carbocycles. The van der Waals surface area contributed by atoms with Gasteiger partial charge in [0.2, 0.25) is 5.91 Å². The van der Waals surface area contributed by atoms with Crippen LogP contribution >= 0.6 is 11.3 Å². The van der Waals surface area contributed by atoms with Crippen molar-refractivity contribution >= 4 is 34.9 Å². The van der Waals surface area contributed by atoms with E-state index < -0.39 is 29.6 Å². The molecule has 1 amide bonds. The summed E-state index contributed by atoms with van der Waals surface area (Å²) in [5, 5.41) is 4.67. The fraction of sp³-hybridized carbons (Fsp3) is 0.182. The summed E-state index contributed by atoms with van der Waals surface area (Å²) in [4.78, 5) is 40.5. The van der Waals surface area contributed by atoms with Crippen molar-refractivity contribution in [2.75, 3.05) is 19.5 Å². The number of hydrogen-bond donors (Lipinski definition) is 1. The molecule has 0 aliphatic rings. The van der Waals surface area contributed by atoms with Gasteiger partial charge in [0.15, 0.2) is 0 Å². The second-order valence-corrected chi connectivity index (χ2v) is 7.58. The molecule has 0 atom stereocenters. The molecule has 7 nitrogen and oxygen atoms in total. The van der Waals surface area contributed by atoms with Crippen molar-refractivity contribution < 1.29 is 37.0 Å². The van der Waals surface area contributed by atoms with Crippen LogP contribution in [-0.4, -0.2) is 37.0 Å². The van der Waals surface area contributed by atoms with E-state index in [1.807, 2.05) is 0 Å². The van der Waals surface area contributed by atoms with E-state index in [1.165, 1.54) is 55.9 Å². The van der Waals surface area contributed by atoms with E-state index in [4.69, 9.17) is 0 Å². The van der Waals surface area contributed by atoms with Gasteiger partial charge >= 0.3 is 18.1 Å². The number of hydrogen-bond acceptors (Lipinski definition) is 7. The minimum Gasteiger partial charge on any atom is -0.465 e. The summed E-state index contributed by atoms with van der Waals surface area (Å²) in [5.74, 6) is -1.87. The lowest BCUT2D eigenvalue weighted by Gasteiger charge is -2.09. The molecule has 2 aromatic carbocycles. The lowest BCUT2D eigenvalue weighted by atomic mass is 10.1. The molecular formula is C22H17F3N2O5S. The number of nitrogens with one attached hydrogen (secondary N) is 1. The van der Waals surface area contributed by atoms with Gasteiger partial charge in [0.1, 0.15) is 5.01 Å². The van der Waals surface area contributed by atoms with Gasteiger partial charge in [0.25, 0.3) is 0 Å². The maximum absolute atomic E-state index is 12.7. The van der Waals surface area contributed by atoms with Crippen LogP contribution in [0, 0.1) is 0 Å². The van der Waals surface area contributed by atoms with E-state index in [9.17, 15) is 27.6 Å². The number of rotatable bonds is 6. The molecule has 0 spiro atoms. The average Bonchev–Trinajstić information content (AvgIpc) is 3.25. The van der Waals surface area contributed by atoms with Gasteiger partial charge in [-0.3, -0.25) is 4.79 Å². The van der Waals surface area contributed by atoms with Crippen molar-refractivity contribution in [3.8, 4) is 10.6 Å². The van der Waals surface area contributed by atoms with E-state index in [0.29, 0.717) is 16.3 Å². The highest BCUT2D eigenvalue weighted by Gasteiger charge is 2.30. The number of amides is 1. The van der Waals surface area contributed by atoms with Crippen LogP contribution in [0.1, 0.15) is 32.0 Å². The first-order valence-corrected chi connectivity index (χ1v) is 10.2. The molecule has 3 aromatic rings. The van der Waals surface area contributed by atoms with Crippen LogP contribution in [0.2, 0.25) is 0 Å². The van der Waals surface area contributed by atoms with Crippen LogP contribution in [0.3, 0.4) is 0 Å². The third-order valence-corrected chi connectivity index (χ3v) is 5.35. The summed E-state index contributed by atoms with van der Waals surface area (Å²) in [6, 6.07) is 8.56.